The number of ketones is 1. The quantitative estimate of drug-likeness (QED) is 0.214. The number of hydrogen-bond donors (Lipinski definition) is 2. The monoisotopic (exact) mass is 486 g/mol. The first-order chi connectivity index (χ1) is 17.0. The highest BCUT2D eigenvalue weighted by Gasteiger charge is 2.45. The van der Waals surface area contributed by atoms with E-state index in [1.165, 1.54) is 4.90 Å². The van der Waals surface area contributed by atoms with E-state index in [1.807, 2.05) is 54.7 Å². The van der Waals surface area contributed by atoms with Crippen molar-refractivity contribution in [1.29, 1.82) is 0 Å². The number of aromatic nitrogens is 1. The Kier molecular flexibility index (Phi) is 6.05. The van der Waals surface area contributed by atoms with E-state index in [0.717, 1.165) is 27.8 Å². The molecule has 0 spiro atoms. The van der Waals surface area contributed by atoms with Crippen LogP contribution in [0.4, 0.5) is 0 Å². The van der Waals surface area contributed by atoms with Crippen LogP contribution in [0.5, 0.6) is 5.75 Å². The van der Waals surface area contributed by atoms with Crippen molar-refractivity contribution >= 4 is 40.0 Å². The highest BCUT2D eigenvalue weighted by Crippen LogP contribution is 2.39. The number of ether oxygens (including phenoxy) is 1. The molecule has 0 bridgehead atoms. The van der Waals surface area contributed by atoms with Crippen LogP contribution < -0.4 is 4.74 Å². The second-order valence-electron chi connectivity index (χ2n) is 8.39. The number of nitrogens with one attached hydrogen (secondary N) is 1. The molecule has 2 N–H and O–H groups in total. The van der Waals surface area contributed by atoms with Crippen molar-refractivity contribution in [2.45, 2.75) is 12.5 Å². The van der Waals surface area contributed by atoms with Gasteiger partial charge < -0.3 is 19.7 Å². The molecule has 2 heterocycles. The van der Waals surface area contributed by atoms with Crippen LogP contribution in [0.15, 0.2) is 84.6 Å². The maximum Gasteiger partial charge on any atom is 0.295 e. The number of methoxy groups -OCH3 is 1. The Hall–Kier alpha value is -4.03. The lowest BCUT2D eigenvalue weighted by Crippen LogP contribution is -2.31. The van der Waals surface area contributed by atoms with Crippen molar-refractivity contribution in [3.8, 4) is 5.75 Å². The zero-order chi connectivity index (χ0) is 24.5. The third kappa shape index (κ3) is 4.17. The number of benzene rings is 3. The number of Topliss-reactive ketones (excluding diaryl/α,β-unsaturated/α-hetero) is 1. The van der Waals surface area contributed by atoms with E-state index in [0.29, 0.717) is 23.6 Å². The number of rotatable bonds is 6. The summed E-state index contributed by atoms with van der Waals surface area (Å²) in [6.45, 7) is 0.297. The summed E-state index contributed by atoms with van der Waals surface area (Å²) in [5.41, 5.74) is 3.22. The Labute approximate surface area is 207 Å². The Balaban J connectivity index is 1.54. The van der Waals surface area contributed by atoms with Crippen molar-refractivity contribution in [3.05, 3.63) is 106 Å². The number of likely N-dealkylation sites (tertiary alicyclic amines) is 1. The standard InChI is InChI=1S/C28H23ClN2O4/c1-35-21-11-12-23-22(15-21)19(16-30-23)13-14-31-25(17-5-3-2-4-6-17)24(27(33)28(31)34)26(32)18-7-9-20(29)10-8-18/h2-12,15-16,25,30,32H,13-14H2,1H3/b26-24-. The number of aromatic amines is 1. The van der Waals surface area contributed by atoms with Crippen molar-refractivity contribution in [2.75, 3.05) is 13.7 Å². The lowest BCUT2D eigenvalue weighted by atomic mass is 9.95. The third-order valence-electron chi connectivity index (χ3n) is 6.37. The molecule has 4 aromatic rings. The van der Waals surface area contributed by atoms with Gasteiger partial charge in [-0.25, -0.2) is 0 Å². The van der Waals surface area contributed by atoms with E-state index in [2.05, 4.69) is 4.98 Å². The molecule has 1 aliphatic heterocycles. The van der Waals surface area contributed by atoms with Gasteiger partial charge in [0.15, 0.2) is 0 Å². The molecule has 1 unspecified atom stereocenters. The van der Waals surface area contributed by atoms with Crippen LogP contribution in [0, 0.1) is 0 Å². The minimum Gasteiger partial charge on any atom is -0.507 e. The number of nitrogens with zero attached hydrogens (tertiary/aromatic N) is 1. The smallest absolute Gasteiger partial charge is 0.295 e. The molecule has 1 aromatic heterocycles. The molecule has 1 atom stereocenters. The summed E-state index contributed by atoms with van der Waals surface area (Å²) >= 11 is 5.99. The molecule has 0 aliphatic carbocycles. The van der Waals surface area contributed by atoms with Gasteiger partial charge in [-0.3, -0.25) is 9.59 Å². The molecule has 1 amide bonds. The van der Waals surface area contributed by atoms with E-state index in [-0.39, 0.29) is 11.3 Å². The fourth-order valence-corrected chi connectivity index (χ4v) is 4.71. The van der Waals surface area contributed by atoms with E-state index in [9.17, 15) is 14.7 Å². The molecule has 3 aromatic carbocycles. The molecule has 1 fully saturated rings. The van der Waals surface area contributed by atoms with Gasteiger partial charge in [-0.15, -0.1) is 0 Å². The zero-order valence-electron chi connectivity index (χ0n) is 19.0. The maximum atomic E-state index is 13.2. The van der Waals surface area contributed by atoms with Gasteiger partial charge in [0.25, 0.3) is 11.7 Å². The SMILES string of the molecule is COc1ccc2[nH]cc(CCN3C(=O)C(=O)/C(=C(\O)c4ccc(Cl)cc4)C3c3ccccc3)c2c1. The molecule has 1 saturated heterocycles. The fraction of sp³-hybridized carbons (Fsp3) is 0.143. The van der Waals surface area contributed by atoms with Gasteiger partial charge in [0.05, 0.1) is 18.7 Å². The van der Waals surface area contributed by atoms with E-state index in [1.54, 1.807) is 31.4 Å². The zero-order valence-corrected chi connectivity index (χ0v) is 19.8. The molecule has 0 radical (unpaired) electrons. The molecule has 35 heavy (non-hydrogen) atoms. The van der Waals surface area contributed by atoms with Crippen LogP contribution in [0.1, 0.15) is 22.7 Å². The van der Waals surface area contributed by atoms with Crippen molar-refractivity contribution in [2.24, 2.45) is 0 Å². The highest BCUT2D eigenvalue weighted by molar-refractivity contribution is 6.46. The molecule has 0 saturated carbocycles. The Morgan fingerprint density at radius 3 is 2.51 bits per heavy atom. The number of aliphatic hydroxyl groups excluding tert-OH is 1. The van der Waals surface area contributed by atoms with Crippen LogP contribution in [0.25, 0.3) is 16.7 Å². The number of aliphatic hydroxyl groups is 1. The summed E-state index contributed by atoms with van der Waals surface area (Å²) in [6.07, 6.45) is 2.43. The van der Waals surface area contributed by atoms with Crippen LogP contribution in [-0.4, -0.2) is 40.3 Å². The number of fused-ring (bicyclic) bond motifs is 1. The summed E-state index contributed by atoms with van der Waals surface area (Å²) < 4.78 is 5.36. The first-order valence-electron chi connectivity index (χ1n) is 11.2. The Morgan fingerprint density at radius 1 is 1.06 bits per heavy atom. The van der Waals surface area contributed by atoms with Crippen LogP contribution in [-0.2, 0) is 16.0 Å². The molecular formula is C28H23ClN2O4. The molecule has 176 valence electrons. The number of amides is 1. The van der Waals surface area contributed by atoms with Gasteiger partial charge in [0.2, 0.25) is 0 Å². The number of halogens is 1. The summed E-state index contributed by atoms with van der Waals surface area (Å²) in [6, 6.07) is 20.9. The predicted octanol–water partition coefficient (Wildman–Crippen LogP) is 5.49. The number of H-pyrrole nitrogens is 1. The van der Waals surface area contributed by atoms with Gasteiger partial charge in [-0.1, -0.05) is 41.9 Å². The molecule has 5 rings (SSSR count). The first-order valence-corrected chi connectivity index (χ1v) is 11.6. The molecular weight excluding hydrogens is 464 g/mol. The second-order valence-corrected chi connectivity index (χ2v) is 8.82. The van der Waals surface area contributed by atoms with Gasteiger partial charge in [0, 0.05) is 34.2 Å². The summed E-state index contributed by atoms with van der Waals surface area (Å²) in [7, 11) is 1.62. The third-order valence-corrected chi connectivity index (χ3v) is 6.62. The molecule has 7 heteroatoms. The van der Waals surface area contributed by atoms with Gasteiger partial charge in [-0.05, 0) is 60.0 Å². The van der Waals surface area contributed by atoms with E-state index in [4.69, 9.17) is 16.3 Å². The Bertz CT molecular complexity index is 1440. The topological polar surface area (TPSA) is 82.6 Å². The van der Waals surface area contributed by atoms with E-state index >= 15 is 0 Å². The first kappa shape index (κ1) is 22.7. The summed E-state index contributed by atoms with van der Waals surface area (Å²) in [4.78, 5) is 31.2. The van der Waals surface area contributed by atoms with E-state index < -0.39 is 17.7 Å². The van der Waals surface area contributed by atoms with Gasteiger partial charge in [0.1, 0.15) is 11.5 Å². The molecule has 1 aliphatic rings. The van der Waals surface area contributed by atoms with Crippen LogP contribution >= 0.6 is 11.6 Å². The predicted molar refractivity (Wildman–Crippen MR) is 135 cm³/mol. The molecule has 6 nitrogen and oxygen atoms in total. The lowest BCUT2D eigenvalue weighted by molar-refractivity contribution is -0.139. The summed E-state index contributed by atoms with van der Waals surface area (Å²) in [5.74, 6) is -0.807. The van der Waals surface area contributed by atoms with Gasteiger partial charge >= 0.3 is 0 Å². The van der Waals surface area contributed by atoms with Crippen LogP contribution in [0.3, 0.4) is 0 Å². The van der Waals surface area contributed by atoms with Gasteiger partial charge in [-0.2, -0.15) is 0 Å². The Morgan fingerprint density at radius 2 is 1.80 bits per heavy atom. The maximum absolute atomic E-state index is 13.2. The lowest BCUT2D eigenvalue weighted by Gasteiger charge is -2.25. The van der Waals surface area contributed by atoms with Crippen molar-refractivity contribution < 1.29 is 19.4 Å². The number of carbonyl (C=O) groups is 2. The van der Waals surface area contributed by atoms with Crippen molar-refractivity contribution in [3.63, 3.8) is 0 Å². The normalized spacial score (nSPS) is 17.3. The highest BCUT2D eigenvalue weighted by atomic mass is 35.5. The average molecular weight is 487 g/mol. The summed E-state index contributed by atoms with van der Waals surface area (Å²) in [5, 5.41) is 12.6. The number of hydrogen-bond acceptors (Lipinski definition) is 4. The average Bonchev–Trinajstić information content (AvgIpc) is 3.40. The second kappa shape index (κ2) is 9.31. The minimum atomic E-state index is -0.702. The van der Waals surface area contributed by atoms with Crippen LogP contribution in [0.2, 0.25) is 5.02 Å². The minimum absolute atomic E-state index is 0.0733. The van der Waals surface area contributed by atoms with Crippen molar-refractivity contribution in [1.82, 2.24) is 9.88 Å². The fourth-order valence-electron chi connectivity index (χ4n) is 4.59. The number of carbonyl (C=O) groups excluding carboxylic acids is 2. The largest absolute Gasteiger partial charge is 0.507 e.